The Morgan fingerprint density at radius 3 is 2.12 bits per heavy atom. The first-order valence-corrected chi connectivity index (χ1v) is 6.45. The van der Waals surface area contributed by atoms with Crippen molar-refractivity contribution in [3.8, 4) is 0 Å². The second-order valence-corrected chi connectivity index (χ2v) is 6.62. The molecule has 4 nitrogen and oxygen atoms in total. The molecule has 0 aromatic carbocycles. The minimum atomic E-state index is -0.854. The molecule has 1 rings (SSSR count). The van der Waals surface area contributed by atoms with Crippen LogP contribution in [0.4, 0.5) is 0 Å². The first kappa shape index (κ1) is 14.9. The summed E-state index contributed by atoms with van der Waals surface area (Å²) in [5.41, 5.74) is 5.03. The summed E-state index contributed by atoms with van der Waals surface area (Å²) in [6, 6.07) is -0.330. The number of rotatable bonds is 4. The molecule has 0 bridgehead atoms. The third-order valence-electron chi connectivity index (χ3n) is 3.36. The number of piperidine rings is 1. The fourth-order valence-electron chi connectivity index (χ4n) is 3.26. The van der Waals surface area contributed by atoms with Crippen LogP contribution in [0.2, 0.25) is 0 Å². The van der Waals surface area contributed by atoms with Gasteiger partial charge in [-0.3, -0.25) is 0 Å². The van der Waals surface area contributed by atoms with Crippen molar-refractivity contribution in [1.29, 1.82) is 0 Å². The lowest BCUT2D eigenvalue weighted by Gasteiger charge is -2.52. The monoisotopic (exact) mass is 244 g/mol. The fourth-order valence-corrected chi connectivity index (χ4v) is 3.26. The van der Waals surface area contributed by atoms with Gasteiger partial charge in [-0.15, -0.1) is 0 Å². The third-order valence-corrected chi connectivity index (χ3v) is 3.36. The Balaban J connectivity index is 2.79. The van der Waals surface area contributed by atoms with E-state index in [0.717, 1.165) is 0 Å². The summed E-state index contributed by atoms with van der Waals surface area (Å²) in [6.45, 7) is 11.4. The normalized spacial score (nSPS) is 27.7. The number of ether oxygens (including phenoxy) is 1. The molecule has 1 aliphatic rings. The molecular weight excluding hydrogens is 216 g/mol. The van der Waals surface area contributed by atoms with Gasteiger partial charge in [-0.25, -0.2) is 0 Å². The quantitative estimate of drug-likeness (QED) is 0.691. The lowest BCUT2D eigenvalue weighted by molar-refractivity contribution is -0.0878. The van der Waals surface area contributed by atoms with E-state index in [9.17, 15) is 5.11 Å². The topological polar surface area (TPSA) is 67.5 Å². The molecule has 1 fully saturated rings. The highest BCUT2D eigenvalue weighted by Crippen LogP contribution is 2.37. The summed E-state index contributed by atoms with van der Waals surface area (Å²) in [5.74, 6) is 0. The maximum absolute atomic E-state index is 10.8. The van der Waals surface area contributed by atoms with Crippen LogP contribution in [-0.4, -0.2) is 41.0 Å². The Morgan fingerprint density at radius 1 is 1.24 bits per heavy atom. The second-order valence-electron chi connectivity index (χ2n) is 6.62. The van der Waals surface area contributed by atoms with Crippen molar-refractivity contribution in [2.45, 2.75) is 70.2 Å². The van der Waals surface area contributed by atoms with Gasteiger partial charge in [0, 0.05) is 17.7 Å². The predicted octanol–water partition coefficient (Wildman–Crippen LogP) is 1.02. The van der Waals surface area contributed by atoms with Gasteiger partial charge in [-0.1, -0.05) is 0 Å². The van der Waals surface area contributed by atoms with Crippen molar-refractivity contribution in [2.75, 3.05) is 13.2 Å². The maximum atomic E-state index is 10.8. The summed E-state index contributed by atoms with van der Waals surface area (Å²) < 4.78 is 5.34. The van der Waals surface area contributed by atoms with Crippen LogP contribution < -0.4 is 11.1 Å². The highest BCUT2D eigenvalue weighted by Gasteiger charge is 2.49. The van der Waals surface area contributed by atoms with Gasteiger partial charge in [0.1, 0.15) is 0 Å². The van der Waals surface area contributed by atoms with E-state index >= 15 is 0 Å². The van der Waals surface area contributed by atoms with Crippen molar-refractivity contribution in [3.63, 3.8) is 0 Å². The van der Waals surface area contributed by atoms with Gasteiger partial charge in [0.05, 0.1) is 18.2 Å². The Kier molecular flexibility index (Phi) is 4.24. The number of aliphatic hydroxyl groups is 1. The molecule has 0 aliphatic carbocycles. The Morgan fingerprint density at radius 2 is 1.71 bits per heavy atom. The van der Waals surface area contributed by atoms with E-state index in [1.807, 2.05) is 6.92 Å². The summed E-state index contributed by atoms with van der Waals surface area (Å²) in [4.78, 5) is 0. The lowest BCUT2D eigenvalue weighted by Crippen LogP contribution is -2.68. The number of hydrogen-bond donors (Lipinski definition) is 3. The third kappa shape index (κ3) is 3.91. The molecule has 1 atom stereocenters. The minimum absolute atomic E-state index is 0.111. The van der Waals surface area contributed by atoms with Gasteiger partial charge in [-0.05, 0) is 47.5 Å². The lowest BCUT2D eigenvalue weighted by atomic mass is 9.70. The summed E-state index contributed by atoms with van der Waals surface area (Å²) in [5, 5.41) is 14.3. The van der Waals surface area contributed by atoms with Crippen LogP contribution in [0.15, 0.2) is 0 Å². The molecule has 1 saturated heterocycles. The van der Waals surface area contributed by atoms with E-state index in [2.05, 4.69) is 33.0 Å². The zero-order valence-electron chi connectivity index (χ0n) is 11.8. The second kappa shape index (κ2) is 4.84. The van der Waals surface area contributed by atoms with E-state index < -0.39 is 5.60 Å². The summed E-state index contributed by atoms with van der Waals surface area (Å²) in [6.07, 6.45) is 1.30. The molecule has 0 saturated carbocycles. The Labute approximate surface area is 105 Å². The molecule has 1 heterocycles. The minimum Gasteiger partial charge on any atom is -0.388 e. The molecule has 0 amide bonds. The average Bonchev–Trinajstić information content (AvgIpc) is 2.07. The summed E-state index contributed by atoms with van der Waals surface area (Å²) >= 11 is 0. The molecule has 0 radical (unpaired) electrons. The zero-order chi connectivity index (χ0) is 13.3. The van der Waals surface area contributed by atoms with Crippen molar-refractivity contribution in [3.05, 3.63) is 0 Å². The van der Waals surface area contributed by atoms with E-state index in [0.29, 0.717) is 26.1 Å². The van der Waals surface area contributed by atoms with Crippen LogP contribution in [0.5, 0.6) is 0 Å². The van der Waals surface area contributed by atoms with E-state index in [1.165, 1.54) is 0 Å². The molecule has 0 aromatic heterocycles. The van der Waals surface area contributed by atoms with Crippen LogP contribution >= 0.6 is 0 Å². The zero-order valence-corrected chi connectivity index (χ0v) is 11.8. The fraction of sp³-hybridized carbons (Fsp3) is 1.00. The molecule has 17 heavy (non-hydrogen) atoms. The van der Waals surface area contributed by atoms with E-state index in [1.54, 1.807) is 0 Å². The molecule has 102 valence electrons. The first-order valence-electron chi connectivity index (χ1n) is 6.45. The smallest absolute Gasteiger partial charge is 0.0855 e. The van der Waals surface area contributed by atoms with Gasteiger partial charge in [0.25, 0.3) is 0 Å². The summed E-state index contributed by atoms with van der Waals surface area (Å²) in [7, 11) is 0. The van der Waals surface area contributed by atoms with Gasteiger partial charge in [0.15, 0.2) is 0 Å². The molecule has 4 N–H and O–H groups in total. The largest absolute Gasteiger partial charge is 0.388 e. The van der Waals surface area contributed by atoms with Crippen LogP contribution in [0.1, 0.15) is 47.5 Å². The Hall–Kier alpha value is -0.160. The molecule has 0 aromatic rings. The Bertz CT molecular complexity index is 248. The van der Waals surface area contributed by atoms with Crippen molar-refractivity contribution < 1.29 is 9.84 Å². The van der Waals surface area contributed by atoms with Crippen LogP contribution in [0, 0.1) is 0 Å². The van der Waals surface area contributed by atoms with Gasteiger partial charge in [-0.2, -0.15) is 0 Å². The number of nitrogens with one attached hydrogen (secondary N) is 1. The molecule has 1 aliphatic heterocycles. The standard InChI is InChI=1S/C13H28N2O2/c1-6-17-7-10(14)13(16)8-11(2,3)15-12(4,5)9-13/h10,15-16H,6-9,14H2,1-5H3. The number of hydrogen-bond acceptors (Lipinski definition) is 4. The van der Waals surface area contributed by atoms with Crippen LogP contribution in [0.3, 0.4) is 0 Å². The average molecular weight is 244 g/mol. The number of nitrogens with two attached hydrogens (primary N) is 1. The molecular formula is C13H28N2O2. The van der Waals surface area contributed by atoms with Crippen LogP contribution in [0.25, 0.3) is 0 Å². The molecule has 4 heteroatoms. The first-order chi connectivity index (χ1) is 7.60. The van der Waals surface area contributed by atoms with E-state index in [-0.39, 0.29) is 17.1 Å². The SMILES string of the molecule is CCOCC(N)C1(O)CC(C)(C)NC(C)(C)C1. The van der Waals surface area contributed by atoms with E-state index in [4.69, 9.17) is 10.5 Å². The maximum Gasteiger partial charge on any atom is 0.0855 e. The van der Waals surface area contributed by atoms with Crippen molar-refractivity contribution in [1.82, 2.24) is 5.32 Å². The van der Waals surface area contributed by atoms with Gasteiger partial charge in [0.2, 0.25) is 0 Å². The van der Waals surface area contributed by atoms with Crippen molar-refractivity contribution >= 4 is 0 Å². The molecule has 1 unspecified atom stereocenters. The van der Waals surface area contributed by atoms with Crippen molar-refractivity contribution in [2.24, 2.45) is 5.73 Å². The van der Waals surface area contributed by atoms with Gasteiger partial charge < -0.3 is 20.9 Å². The predicted molar refractivity (Wildman–Crippen MR) is 69.9 cm³/mol. The van der Waals surface area contributed by atoms with Crippen LogP contribution in [-0.2, 0) is 4.74 Å². The van der Waals surface area contributed by atoms with Gasteiger partial charge >= 0.3 is 0 Å². The molecule has 0 spiro atoms. The highest BCUT2D eigenvalue weighted by atomic mass is 16.5. The highest BCUT2D eigenvalue weighted by molar-refractivity contribution is 5.07.